The van der Waals surface area contributed by atoms with Crippen LogP contribution in [0.25, 0.3) is 16.8 Å². The zero-order valence-electron chi connectivity index (χ0n) is 16.5. The quantitative estimate of drug-likeness (QED) is 0.584. The molecule has 31 heavy (non-hydrogen) atoms. The second-order valence-electron chi connectivity index (χ2n) is 6.77. The minimum absolute atomic E-state index is 0.0298. The lowest BCUT2D eigenvalue weighted by molar-refractivity contribution is -0.127. The molecule has 3 aromatic carbocycles. The molecule has 0 aromatic heterocycles. The molecule has 1 aliphatic rings. The summed E-state index contributed by atoms with van der Waals surface area (Å²) < 4.78 is 5.06. The van der Waals surface area contributed by atoms with Gasteiger partial charge in [0.05, 0.1) is 12.0 Å². The standard InChI is InChI=1S/C23H18N2O5S/c1-30-19-11-14(9-10-18(19)26)12-20-22(28)25(23(29)31-20)13-21(27)24-17-8-4-6-15-5-2-3-7-16(15)17/h2-12,26H,13H2,1H3,(H,24,27)/b20-12+. The largest absolute Gasteiger partial charge is 0.504 e. The smallest absolute Gasteiger partial charge is 0.294 e. The monoisotopic (exact) mass is 434 g/mol. The Labute approximate surface area is 182 Å². The van der Waals surface area contributed by atoms with Crippen LogP contribution in [0, 0.1) is 0 Å². The van der Waals surface area contributed by atoms with Crippen LogP contribution < -0.4 is 10.1 Å². The van der Waals surface area contributed by atoms with Crippen molar-refractivity contribution in [2.45, 2.75) is 0 Å². The van der Waals surface area contributed by atoms with Crippen molar-refractivity contribution in [3.05, 3.63) is 71.1 Å². The highest BCUT2D eigenvalue weighted by Crippen LogP contribution is 2.34. The van der Waals surface area contributed by atoms with Crippen molar-refractivity contribution in [3.8, 4) is 11.5 Å². The topological polar surface area (TPSA) is 95.9 Å². The molecule has 1 aliphatic heterocycles. The minimum Gasteiger partial charge on any atom is -0.504 e. The second-order valence-corrected chi connectivity index (χ2v) is 7.77. The van der Waals surface area contributed by atoms with Gasteiger partial charge in [0.1, 0.15) is 6.54 Å². The van der Waals surface area contributed by atoms with Crippen molar-refractivity contribution in [2.75, 3.05) is 19.0 Å². The van der Waals surface area contributed by atoms with Crippen molar-refractivity contribution in [1.29, 1.82) is 0 Å². The van der Waals surface area contributed by atoms with Gasteiger partial charge in [0.15, 0.2) is 11.5 Å². The number of fused-ring (bicyclic) bond motifs is 1. The predicted octanol–water partition coefficient (Wildman–Crippen LogP) is 4.23. The molecule has 3 aromatic rings. The summed E-state index contributed by atoms with van der Waals surface area (Å²) in [6.07, 6.45) is 1.52. The SMILES string of the molecule is COc1cc(/C=C2/SC(=O)N(CC(=O)Nc3cccc4ccccc34)C2=O)ccc1O. The zero-order chi connectivity index (χ0) is 22.0. The third-order valence-electron chi connectivity index (χ3n) is 4.74. The number of thioether (sulfide) groups is 1. The molecule has 4 rings (SSSR count). The Morgan fingerprint density at radius 1 is 1.13 bits per heavy atom. The Bertz CT molecular complexity index is 1230. The Morgan fingerprint density at radius 3 is 2.71 bits per heavy atom. The van der Waals surface area contributed by atoms with E-state index in [-0.39, 0.29) is 22.9 Å². The summed E-state index contributed by atoms with van der Waals surface area (Å²) in [7, 11) is 1.42. The molecule has 8 heteroatoms. The number of hydrogen-bond donors (Lipinski definition) is 2. The fourth-order valence-corrected chi connectivity index (χ4v) is 4.08. The Balaban J connectivity index is 1.49. The molecule has 0 unspecified atom stereocenters. The van der Waals surface area contributed by atoms with Gasteiger partial charge in [-0.3, -0.25) is 19.3 Å². The van der Waals surface area contributed by atoms with E-state index in [2.05, 4.69) is 5.32 Å². The van der Waals surface area contributed by atoms with E-state index >= 15 is 0 Å². The van der Waals surface area contributed by atoms with E-state index in [0.717, 1.165) is 27.4 Å². The van der Waals surface area contributed by atoms with E-state index in [1.54, 1.807) is 18.2 Å². The highest BCUT2D eigenvalue weighted by atomic mass is 32.2. The number of methoxy groups -OCH3 is 1. The van der Waals surface area contributed by atoms with E-state index in [9.17, 15) is 19.5 Å². The van der Waals surface area contributed by atoms with Crippen molar-refractivity contribution in [2.24, 2.45) is 0 Å². The van der Waals surface area contributed by atoms with Gasteiger partial charge in [-0.1, -0.05) is 42.5 Å². The number of carbonyl (C=O) groups is 3. The normalized spacial score (nSPS) is 15.0. The second kappa shape index (κ2) is 8.53. The maximum Gasteiger partial charge on any atom is 0.294 e. The van der Waals surface area contributed by atoms with Gasteiger partial charge in [0.2, 0.25) is 5.91 Å². The van der Waals surface area contributed by atoms with Crippen LogP contribution in [0.4, 0.5) is 10.5 Å². The molecule has 0 saturated carbocycles. The minimum atomic E-state index is -0.546. The molecule has 1 fully saturated rings. The summed E-state index contributed by atoms with van der Waals surface area (Å²) in [5, 5.41) is 13.8. The number of rotatable bonds is 5. The summed E-state index contributed by atoms with van der Waals surface area (Å²) in [4.78, 5) is 38.7. The summed E-state index contributed by atoms with van der Waals surface area (Å²) in [6.45, 7) is -0.385. The number of ether oxygens (including phenoxy) is 1. The number of anilines is 1. The van der Waals surface area contributed by atoms with Crippen LogP contribution in [-0.2, 0) is 9.59 Å². The zero-order valence-corrected chi connectivity index (χ0v) is 17.3. The number of phenols is 1. The number of aromatic hydroxyl groups is 1. The molecule has 0 atom stereocenters. The third-order valence-corrected chi connectivity index (χ3v) is 5.65. The van der Waals surface area contributed by atoms with Crippen LogP contribution in [0.5, 0.6) is 11.5 Å². The van der Waals surface area contributed by atoms with E-state index in [4.69, 9.17) is 4.74 Å². The molecule has 0 spiro atoms. The lowest BCUT2D eigenvalue weighted by Crippen LogP contribution is -2.36. The van der Waals surface area contributed by atoms with Gasteiger partial charge in [-0.15, -0.1) is 0 Å². The highest BCUT2D eigenvalue weighted by Gasteiger charge is 2.36. The average Bonchev–Trinajstić information content (AvgIpc) is 3.02. The number of imide groups is 1. The van der Waals surface area contributed by atoms with Crippen LogP contribution in [0.1, 0.15) is 5.56 Å². The number of benzene rings is 3. The molecule has 0 bridgehead atoms. The first-order chi connectivity index (χ1) is 15.0. The Hall–Kier alpha value is -3.78. The molecule has 2 N–H and O–H groups in total. The molecule has 3 amide bonds. The first kappa shape index (κ1) is 20.5. The van der Waals surface area contributed by atoms with E-state index in [1.165, 1.54) is 19.3 Å². The number of nitrogens with one attached hydrogen (secondary N) is 1. The first-order valence-electron chi connectivity index (χ1n) is 9.36. The van der Waals surface area contributed by atoms with Gasteiger partial charge in [0.25, 0.3) is 11.1 Å². The summed E-state index contributed by atoms with van der Waals surface area (Å²) >= 11 is 0.760. The number of phenolic OH excluding ortho intramolecular Hbond substituents is 1. The summed E-state index contributed by atoms with van der Waals surface area (Å²) in [5.41, 5.74) is 1.20. The molecule has 7 nitrogen and oxygen atoms in total. The molecule has 0 aliphatic carbocycles. The van der Waals surface area contributed by atoms with Gasteiger partial charge in [0, 0.05) is 11.1 Å². The van der Waals surface area contributed by atoms with E-state index < -0.39 is 17.1 Å². The lowest BCUT2D eigenvalue weighted by atomic mass is 10.1. The van der Waals surface area contributed by atoms with Crippen LogP contribution in [0.2, 0.25) is 0 Å². The summed E-state index contributed by atoms with van der Waals surface area (Å²) in [5.74, 6) is -0.790. The van der Waals surface area contributed by atoms with E-state index in [1.807, 2.05) is 36.4 Å². The van der Waals surface area contributed by atoms with Gasteiger partial charge in [-0.05, 0) is 47.0 Å². The number of nitrogens with zero attached hydrogens (tertiary/aromatic N) is 1. The van der Waals surface area contributed by atoms with Gasteiger partial charge < -0.3 is 15.2 Å². The number of carbonyl (C=O) groups excluding carboxylic acids is 3. The number of amides is 3. The predicted molar refractivity (Wildman–Crippen MR) is 120 cm³/mol. The van der Waals surface area contributed by atoms with Gasteiger partial charge in [-0.2, -0.15) is 0 Å². The molecule has 1 heterocycles. The lowest BCUT2D eigenvalue weighted by Gasteiger charge is -2.13. The van der Waals surface area contributed by atoms with Crippen molar-refractivity contribution in [1.82, 2.24) is 4.90 Å². The molecular formula is C23H18N2O5S. The van der Waals surface area contributed by atoms with Gasteiger partial charge >= 0.3 is 0 Å². The highest BCUT2D eigenvalue weighted by molar-refractivity contribution is 8.18. The number of hydrogen-bond acceptors (Lipinski definition) is 6. The Morgan fingerprint density at radius 2 is 1.90 bits per heavy atom. The van der Waals surface area contributed by atoms with Crippen LogP contribution >= 0.6 is 11.8 Å². The summed E-state index contributed by atoms with van der Waals surface area (Å²) in [6, 6.07) is 17.7. The average molecular weight is 434 g/mol. The fraction of sp³-hybridized carbons (Fsp3) is 0.0870. The third kappa shape index (κ3) is 4.24. The van der Waals surface area contributed by atoms with Crippen LogP contribution in [-0.4, -0.2) is 40.7 Å². The van der Waals surface area contributed by atoms with Crippen LogP contribution in [0.15, 0.2) is 65.6 Å². The molecule has 1 saturated heterocycles. The maximum atomic E-state index is 12.7. The van der Waals surface area contributed by atoms with Crippen molar-refractivity contribution >= 4 is 51.4 Å². The van der Waals surface area contributed by atoms with Gasteiger partial charge in [-0.25, -0.2) is 0 Å². The van der Waals surface area contributed by atoms with Crippen molar-refractivity contribution in [3.63, 3.8) is 0 Å². The van der Waals surface area contributed by atoms with Crippen LogP contribution in [0.3, 0.4) is 0 Å². The molecule has 156 valence electrons. The maximum absolute atomic E-state index is 12.7. The molecule has 0 radical (unpaired) electrons. The van der Waals surface area contributed by atoms with Crippen molar-refractivity contribution < 1.29 is 24.2 Å². The fourth-order valence-electron chi connectivity index (χ4n) is 3.24. The Kier molecular flexibility index (Phi) is 5.64. The van der Waals surface area contributed by atoms with E-state index in [0.29, 0.717) is 11.3 Å². The molecular weight excluding hydrogens is 416 g/mol. The first-order valence-corrected chi connectivity index (χ1v) is 10.2.